The van der Waals surface area contributed by atoms with Crippen LogP contribution >= 0.6 is 0 Å². The molecule has 0 radical (unpaired) electrons. The van der Waals surface area contributed by atoms with E-state index in [4.69, 9.17) is 9.47 Å². The summed E-state index contributed by atoms with van der Waals surface area (Å²) >= 11 is 0. The number of ether oxygens (including phenoxy) is 2. The second-order valence-electron chi connectivity index (χ2n) is 12.7. The SMILES string of the molecule is C(=Cc1ccc(Nc2ncnc(C3CN(Nc4ccccc4)CCO3)n2)cc1)c1ccc(Nc2ncnc(C3CN(Nc4ccccc4)CCO3)n2)cc1.[NaH].[NaH]. The van der Waals surface area contributed by atoms with Gasteiger partial charge in [0.05, 0.1) is 26.3 Å². The maximum atomic E-state index is 6.00. The monoisotopic (exact) mass is 768 g/mol. The van der Waals surface area contributed by atoms with E-state index < -0.39 is 0 Å². The summed E-state index contributed by atoms with van der Waals surface area (Å²) in [6.07, 6.45) is 6.63. The fraction of sp³-hybridized carbons (Fsp3) is 0.200. The topological polar surface area (TPSA) is 150 Å². The Kier molecular flexibility index (Phi) is 15.3. The van der Waals surface area contributed by atoms with Gasteiger partial charge in [-0.15, -0.1) is 0 Å². The molecule has 2 atom stereocenters. The van der Waals surface area contributed by atoms with Gasteiger partial charge in [-0.1, -0.05) is 72.8 Å². The summed E-state index contributed by atoms with van der Waals surface area (Å²) in [6, 6.07) is 36.3. The van der Waals surface area contributed by atoms with Crippen molar-refractivity contribution in [1.82, 2.24) is 39.9 Å². The van der Waals surface area contributed by atoms with Gasteiger partial charge in [0.25, 0.3) is 0 Å². The standard InChI is InChI=1S/C40H40N12O2.2Na.2H/c1-3-7-33(8-4-1)49-51-21-23-53-35(25-51)37-41-27-43-39(47-37)45-31-17-13-29(14-18-31)11-12-30-15-19-32(20-16-30)46-40-44-28-42-38(48-40)36-26-52(22-24-54-36)50-34-9-5-2-6-10-34;;;;/h1-20,27-28,35-36,49-50H,21-26H2,(H,41,43,45,47)(H,42,44,46,48);;;;. The number of benzene rings is 4. The molecule has 4 N–H and O–H groups in total. The average Bonchev–Trinajstić information content (AvgIpc) is 3.22. The van der Waals surface area contributed by atoms with Gasteiger partial charge in [-0.3, -0.25) is 0 Å². The second kappa shape index (κ2) is 20.7. The molecule has 276 valence electrons. The maximum absolute atomic E-state index is 6.00. The summed E-state index contributed by atoms with van der Waals surface area (Å²) in [4.78, 5) is 26.8. The van der Waals surface area contributed by atoms with E-state index in [9.17, 15) is 0 Å². The number of rotatable bonds is 12. The molecule has 2 aliphatic rings. The Labute approximate surface area is 370 Å². The molecule has 2 saturated heterocycles. The quantitative estimate of drug-likeness (QED) is 0.0952. The molecule has 16 heteroatoms. The van der Waals surface area contributed by atoms with Crippen LogP contribution in [0, 0.1) is 0 Å². The molecule has 0 amide bonds. The molecular formula is C40H42N12Na2O2. The minimum absolute atomic E-state index is 0. The molecule has 4 heterocycles. The zero-order valence-corrected chi connectivity index (χ0v) is 29.5. The van der Waals surface area contributed by atoms with Gasteiger partial charge in [0, 0.05) is 35.8 Å². The van der Waals surface area contributed by atoms with Gasteiger partial charge in [0.1, 0.15) is 24.9 Å². The van der Waals surface area contributed by atoms with Gasteiger partial charge in [0.2, 0.25) is 11.9 Å². The van der Waals surface area contributed by atoms with Gasteiger partial charge in [-0.2, -0.15) is 9.97 Å². The van der Waals surface area contributed by atoms with Crippen molar-refractivity contribution >= 4 is 106 Å². The molecule has 6 aromatic rings. The molecule has 2 unspecified atom stereocenters. The van der Waals surface area contributed by atoms with E-state index in [2.05, 4.69) is 73.6 Å². The van der Waals surface area contributed by atoms with Crippen molar-refractivity contribution in [1.29, 1.82) is 0 Å². The van der Waals surface area contributed by atoms with Crippen LogP contribution in [0.3, 0.4) is 0 Å². The van der Waals surface area contributed by atoms with Crippen LogP contribution in [0.25, 0.3) is 12.2 Å². The van der Waals surface area contributed by atoms with Gasteiger partial charge >= 0.3 is 59.1 Å². The van der Waals surface area contributed by atoms with Crippen LogP contribution in [0.15, 0.2) is 122 Å². The number of para-hydroxylation sites is 2. The van der Waals surface area contributed by atoms with Crippen molar-refractivity contribution in [3.8, 4) is 0 Å². The fourth-order valence-electron chi connectivity index (χ4n) is 6.06. The van der Waals surface area contributed by atoms with Crippen molar-refractivity contribution in [3.63, 3.8) is 0 Å². The predicted molar refractivity (Wildman–Crippen MR) is 223 cm³/mol. The van der Waals surface area contributed by atoms with Crippen LogP contribution in [0.2, 0.25) is 0 Å². The summed E-state index contributed by atoms with van der Waals surface area (Å²) in [5.41, 5.74) is 12.8. The van der Waals surface area contributed by atoms with E-state index in [-0.39, 0.29) is 71.3 Å². The molecule has 0 aliphatic carbocycles. The first-order valence-corrected chi connectivity index (χ1v) is 17.9. The number of nitrogens with zero attached hydrogens (tertiary/aromatic N) is 8. The van der Waals surface area contributed by atoms with E-state index >= 15 is 0 Å². The van der Waals surface area contributed by atoms with Gasteiger partial charge in [0.15, 0.2) is 11.6 Å². The number of nitrogens with one attached hydrogen (secondary N) is 4. The number of hydrogen-bond donors (Lipinski definition) is 4. The summed E-state index contributed by atoms with van der Waals surface area (Å²) in [7, 11) is 0. The van der Waals surface area contributed by atoms with Crippen molar-refractivity contribution < 1.29 is 9.47 Å². The predicted octanol–water partition coefficient (Wildman–Crippen LogP) is 5.22. The molecule has 2 aromatic heterocycles. The first-order valence-electron chi connectivity index (χ1n) is 17.9. The molecule has 0 bridgehead atoms. The van der Waals surface area contributed by atoms with Crippen LogP contribution in [-0.4, -0.2) is 138 Å². The van der Waals surface area contributed by atoms with Crippen LogP contribution in [0.4, 0.5) is 34.6 Å². The van der Waals surface area contributed by atoms with Crippen molar-refractivity contribution in [2.45, 2.75) is 12.2 Å². The van der Waals surface area contributed by atoms with E-state index in [1.165, 1.54) is 12.7 Å². The van der Waals surface area contributed by atoms with E-state index in [1.54, 1.807) is 0 Å². The summed E-state index contributed by atoms with van der Waals surface area (Å²) in [5.74, 6) is 2.10. The van der Waals surface area contributed by atoms with Gasteiger partial charge in [-0.05, 0) is 59.7 Å². The fourth-order valence-corrected chi connectivity index (χ4v) is 6.06. The number of anilines is 6. The minimum atomic E-state index is -0.274. The zero-order valence-electron chi connectivity index (χ0n) is 29.5. The third-order valence-corrected chi connectivity index (χ3v) is 8.81. The zero-order chi connectivity index (χ0) is 36.4. The third kappa shape index (κ3) is 11.6. The summed E-state index contributed by atoms with van der Waals surface area (Å²) in [5, 5.41) is 10.8. The van der Waals surface area contributed by atoms with Crippen molar-refractivity contribution in [2.75, 3.05) is 60.9 Å². The third-order valence-electron chi connectivity index (χ3n) is 8.81. The molecule has 2 aliphatic heterocycles. The van der Waals surface area contributed by atoms with Crippen molar-refractivity contribution in [2.24, 2.45) is 0 Å². The molecular weight excluding hydrogens is 727 g/mol. The molecule has 0 spiro atoms. The first kappa shape index (κ1) is 41.3. The van der Waals surface area contributed by atoms with Crippen molar-refractivity contribution in [3.05, 3.63) is 145 Å². The number of hydrogen-bond acceptors (Lipinski definition) is 14. The first-order chi connectivity index (χ1) is 26.7. The van der Waals surface area contributed by atoms with Gasteiger partial charge < -0.3 is 31.0 Å². The summed E-state index contributed by atoms with van der Waals surface area (Å²) < 4.78 is 12.0. The van der Waals surface area contributed by atoms with Crippen LogP contribution in [0.5, 0.6) is 0 Å². The van der Waals surface area contributed by atoms with Crippen LogP contribution in [0.1, 0.15) is 35.0 Å². The molecule has 4 aromatic carbocycles. The Morgan fingerprint density at radius 2 is 0.911 bits per heavy atom. The normalized spacial score (nSPS) is 17.3. The van der Waals surface area contributed by atoms with Crippen LogP contribution in [-0.2, 0) is 9.47 Å². The molecule has 0 saturated carbocycles. The molecule has 56 heavy (non-hydrogen) atoms. The van der Waals surface area contributed by atoms with E-state index in [1.807, 2.05) is 109 Å². The Balaban J connectivity index is 0.00000266. The Morgan fingerprint density at radius 1 is 0.500 bits per heavy atom. The van der Waals surface area contributed by atoms with E-state index in [0.717, 1.165) is 47.0 Å². The van der Waals surface area contributed by atoms with E-state index in [0.29, 0.717) is 49.8 Å². The number of aromatic nitrogens is 6. The molecule has 2 fully saturated rings. The van der Waals surface area contributed by atoms with Gasteiger partial charge in [-0.25, -0.2) is 30.0 Å². The Hall–Kier alpha value is -4.32. The Morgan fingerprint density at radius 3 is 1.32 bits per heavy atom. The second-order valence-corrected chi connectivity index (χ2v) is 12.7. The van der Waals surface area contributed by atoms with Crippen LogP contribution < -0.4 is 21.5 Å². The number of morpholine rings is 2. The average molecular weight is 769 g/mol. The molecule has 8 rings (SSSR count). The number of hydrazine groups is 2. The molecule has 14 nitrogen and oxygen atoms in total. The Bertz CT molecular complexity index is 1980. The summed E-state index contributed by atoms with van der Waals surface area (Å²) in [6.45, 7) is 3.89.